The summed E-state index contributed by atoms with van der Waals surface area (Å²) in [4.78, 5) is 15.6. The molecule has 0 aliphatic rings. The van der Waals surface area contributed by atoms with E-state index in [4.69, 9.17) is 4.74 Å². The highest BCUT2D eigenvalue weighted by molar-refractivity contribution is 5.93. The Balaban J connectivity index is 2.50. The maximum atomic E-state index is 13.4. The molecule has 0 unspecified atom stereocenters. The van der Waals surface area contributed by atoms with E-state index < -0.39 is 5.97 Å². The second-order valence-electron chi connectivity index (χ2n) is 3.74. The van der Waals surface area contributed by atoms with E-state index >= 15 is 0 Å². The van der Waals surface area contributed by atoms with Crippen molar-refractivity contribution in [2.75, 3.05) is 6.61 Å². The Hall–Kier alpha value is -1.97. The minimum absolute atomic E-state index is 0.305. The van der Waals surface area contributed by atoms with Crippen molar-refractivity contribution in [2.45, 2.75) is 13.8 Å². The number of pyridine rings is 1. The minimum atomic E-state index is -0.442. The quantitative estimate of drug-likeness (QED) is 0.749. The Labute approximate surface area is 98.2 Å². The molecule has 1 heterocycles. The number of benzene rings is 1. The summed E-state index contributed by atoms with van der Waals surface area (Å²) < 4.78 is 18.2. The first-order valence-electron chi connectivity index (χ1n) is 5.35. The smallest absolute Gasteiger partial charge is 0.339 e. The highest BCUT2D eigenvalue weighted by Crippen LogP contribution is 2.18. The third kappa shape index (κ3) is 2.25. The van der Waals surface area contributed by atoms with Crippen molar-refractivity contribution in [3.05, 3.63) is 41.3 Å². The Morgan fingerprint density at radius 3 is 2.88 bits per heavy atom. The van der Waals surface area contributed by atoms with E-state index in [1.807, 2.05) is 0 Å². The van der Waals surface area contributed by atoms with E-state index in [0.29, 0.717) is 28.6 Å². The molecule has 0 N–H and O–H groups in total. The largest absolute Gasteiger partial charge is 0.462 e. The molecule has 0 bridgehead atoms. The van der Waals surface area contributed by atoms with Gasteiger partial charge in [-0.25, -0.2) is 9.18 Å². The number of carbonyl (C=O) groups excluding carboxylic acids is 1. The monoisotopic (exact) mass is 233 g/mol. The van der Waals surface area contributed by atoms with Crippen LogP contribution in [0.1, 0.15) is 22.8 Å². The number of rotatable bonds is 2. The molecule has 0 saturated carbocycles. The van der Waals surface area contributed by atoms with Gasteiger partial charge in [-0.1, -0.05) is 0 Å². The van der Waals surface area contributed by atoms with Crippen molar-refractivity contribution >= 4 is 16.9 Å². The summed E-state index contributed by atoms with van der Waals surface area (Å²) in [6, 6.07) is 4.61. The van der Waals surface area contributed by atoms with Gasteiger partial charge in [-0.05, 0) is 37.6 Å². The molecule has 0 spiro atoms. The van der Waals surface area contributed by atoms with Crippen LogP contribution in [0.3, 0.4) is 0 Å². The zero-order valence-electron chi connectivity index (χ0n) is 9.66. The molecule has 0 aliphatic carbocycles. The number of halogens is 1. The Morgan fingerprint density at radius 1 is 1.41 bits per heavy atom. The molecule has 4 heteroatoms. The van der Waals surface area contributed by atoms with E-state index in [2.05, 4.69) is 4.98 Å². The van der Waals surface area contributed by atoms with Crippen molar-refractivity contribution in [3.8, 4) is 0 Å². The van der Waals surface area contributed by atoms with Gasteiger partial charge >= 0.3 is 5.97 Å². The molecule has 2 rings (SSSR count). The molecule has 0 atom stereocenters. The summed E-state index contributed by atoms with van der Waals surface area (Å²) in [5.74, 6) is -0.747. The Kier molecular flexibility index (Phi) is 3.04. The van der Waals surface area contributed by atoms with Crippen molar-refractivity contribution in [2.24, 2.45) is 0 Å². The fraction of sp³-hybridized carbons (Fsp3) is 0.231. The van der Waals surface area contributed by atoms with E-state index in [9.17, 15) is 9.18 Å². The summed E-state index contributed by atoms with van der Waals surface area (Å²) in [5, 5.41) is 0.596. The van der Waals surface area contributed by atoms with Crippen molar-refractivity contribution < 1.29 is 13.9 Å². The van der Waals surface area contributed by atoms with E-state index in [-0.39, 0.29) is 5.82 Å². The molecular formula is C13H12FNO2. The molecule has 0 fully saturated rings. The summed E-state index contributed by atoms with van der Waals surface area (Å²) in [5.41, 5.74) is 1.54. The van der Waals surface area contributed by atoms with Crippen LogP contribution in [-0.2, 0) is 4.74 Å². The average Bonchev–Trinajstić information content (AvgIpc) is 2.30. The molecule has 0 saturated heterocycles. The number of carbonyl (C=O) groups is 1. The minimum Gasteiger partial charge on any atom is -0.462 e. The van der Waals surface area contributed by atoms with Crippen molar-refractivity contribution in [1.29, 1.82) is 0 Å². The van der Waals surface area contributed by atoms with Crippen LogP contribution in [0.5, 0.6) is 0 Å². The van der Waals surface area contributed by atoms with Crippen LogP contribution in [0, 0.1) is 12.7 Å². The number of aromatic nitrogens is 1. The third-order valence-corrected chi connectivity index (χ3v) is 2.47. The maximum Gasteiger partial charge on any atom is 0.339 e. The molecule has 3 nitrogen and oxygen atoms in total. The molecule has 2 aromatic rings. The van der Waals surface area contributed by atoms with Gasteiger partial charge in [-0.2, -0.15) is 0 Å². The van der Waals surface area contributed by atoms with Crippen LogP contribution in [0.2, 0.25) is 0 Å². The number of esters is 1. The van der Waals surface area contributed by atoms with E-state index in [1.165, 1.54) is 12.3 Å². The Bertz CT molecular complexity index is 581. The summed E-state index contributed by atoms with van der Waals surface area (Å²) in [7, 11) is 0. The van der Waals surface area contributed by atoms with E-state index in [0.717, 1.165) is 0 Å². The number of fused-ring (bicyclic) bond motifs is 1. The lowest BCUT2D eigenvalue weighted by atomic mass is 10.1. The van der Waals surface area contributed by atoms with Crippen molar-refractivity contribution in [1.82, 2.24) is 4.98 Å². The topological polar surface area (TPSA) is 39.2 Å². The van der Waals surface area contributed by atoms with Gasteiger partial charge in [0.2, 0.25) is 0 Å². The Morgan fingerprint density at radius 2 is 2.18 bits per heavy atom. The molecule has 17 heavy (non-hydrogen) atoms. The zero-order valence-corrected chi connectivity index (χ0v) is 9.66. The van der Waals surface area contributed by atoms with Crippen LogP contribution in [-0.4, -0.2) is 17.6 Å². The molecule has 0 aliphatic heterocycles. The number of hydrogen-bond acceptors (Lipinski definition) is 3. The SMILES string of the molecule is CCOC(=O)c1cnc2cc(C)c(F)cc2c1. The lowest BCUT2D eigenvalue weighted by Crippen LogP contribution is -2.05. The van der Waals surface area contributed by atoms with Gasteiger partial charge in [0, 0.05) is 11.6 Å². The zero-order chi connectivity index (χ0) is 12.4. The van der Waals surface area contributed by atoms with Gasteiger partial charge in [0.25, 0.3) is 0 Å². The first-order valence-corrected chi connectivity index (χ1v) is 5.35. The summed E-state index contributed by atoms with van der Waals surface area (Å²) >= 11 is 0. The van der Waals surface area contributed by atoms with Crippen LogP contribution in [0.15, 0.2) is 24.4 Å². The first kappa shape index (κ1) is 11.5. The lowest BCUT2D eigenvalue weighted by molar-refractivity contribution is 0.0526. The van der Waals surface area contributed by atoms with Crippen LogP contribution >= 0.6 is 0 Å². The number of nitrogens with zero attached hydrogens (tertiary/aromatic N) is 1. The molecule has 88 valence electrons. The maximum absolute atomic E-state index is 13.4. The standard InChI is InChI=1S/C13H12FNO2/c1-3-17-13(16)10-5-9-6-11(14)8(2)4-12(9)15-7-10/h4-7H,3H2,1-2H3. The average molecular weight is 233 g/mol. The fourth-order valence-electron chi connectivity index (χ4n) is 1.58. The second-order valence-corrected chi connectivity index (χ2v) is 3.74. The molecule has 0 amide bonds. The van der Waals surface area contributed by atoms with Gasteiger partial charge in [0.1, 0.15) is 5.82 Å². The second kappa shape index (κ2) is 4.49. The van der Waals surface area contributed by atoms with Crippen molar-refractivity contribution in [3.63, 3.8) is 0 Å². The van der Waals surface area contributed by atoms with Gasteiger partial charge in [0.05, 0.1) is 17.7 Å². The lowest BCUT2D eigenvalue weighted by Gasteiger charge is -2.04. The summed E-state index contributed by atoms with van der Waals surface area (Å²) in [6.07, 6.45) is 1.44. The predicted octanol–water partition coefficient (Wildman–Crippen LogP) is 2.86. The number of hydrogen-bond donors (Lipinski definition) is 0. The molecular weight excluding hydrogens is 221 g/mol. The first-order chi connectivity index (χ1) is 8.11. The number of aryl methyl sites for hydroxylation is 1. The molecule has 1 aromatic carbocycles. The van der Waals surface area contributed by atoms with Crippen LogP contribution in [0.25, 0.3) is 10.9 Å². The highest BCUT2D eigenvalue weighted by Gasteiger charge is 2.09. The highest BCUT2D eigenvalue weighted by atomic mass is 19.1. The van der Waals surface area contributed by atoms with Gasteiger partial charge < -0.3 is 4.74 Å². The fourth-order valence-corrected chi connectivity index (χ4v) is 1.58. The predicted molar refractivity (Wildman–Crippen MR) is 62.4 cm³/mol. The third-order valence-electron chi connectivity index (χ3n) is 2.47. The van der Waals surface area contributed by atoms with Crippen LogP contribution in [0.4, 0.5) is 4.39 Å². The molecule has 0 radical (unpaired) electrons. The van der Waals surface area contributed by atoms with Gasteiger partial charge in [0.15, 0.2) is 0 Å². The number of ether oxygens (including phenoxy) is 1. The van der Waals surface area contributed by atoms with Crippen LogP contribution < -0.4 is 0 Å². The summed E-state index contributed by atoms with van der Waals surface area (Å²) in [6.45, 7) is 3.71. The van der Waals surface area contributed by atoms with E-state index in [1.54, 1.807) is 26.0 Å². The van der Waals surface area contributed by atoms with Gasteiger partial charge in [-0.15, -0.1) is 0 Å². The normalized spacial score (nSPS) is 10.5. The molecule has 1 aromatic heterocycles. The van der Waals surface area contributed by atoms with Gasteiger partial charge in [-0.3, -0.25) is 4.98 Å².